The highest BCUT2D eigenvalue weighted by Gasteiger charge is 2.19. The maximum Gasteiger partial charge on any atom is 0.0333 e. The van der Waals surface area contributed by atoms with Gasteiger partial charge in [0.1, 0.15) is 0 Å². The zero-order chi connectivity index (χ0) is 15.1. The van der Waals surface area contributed by atoms with Crippen LogP contribution in [0.25, 0.3) is 0 Å². The molecule has 0 aliphatic carbocycles. The van der Waals surface area contributed by atoms with Crippen molar-refractivity contribution in [1.29, 1.82) is 0 Å². The summed E-state index contributed by atoms with van der Waals surface area (Å²) < 4.78 is 0. The third kappa shape index (κ3) is 6.06. The molecule has 0 amide bonds. The molecule has 0 spiro atoms. The summed E-state index contributed by atoms with van der Waals surface area (Å²) >= 11 is 0. The summed E-state index contributed by atoms with van der Waals surface area (Å²) in [6, 6.07) is 10.6. The van der Waals surface area contributed by atoms with Crippen molar-refractivity contribution in [2.75, 3.05) is 19.6 Å². The Morgan fingerprint density at radius 3 is 1.80 bits per heavy atom. The smallest absolute Gasteiger partial charge is 0.0333 e. The van der Waals surface area contributed by atoms with Crippen LogP contribution in [0.15, 0.2) is 30.3 Å². The topological polar surface area (TPSA) is 29.3 Å². The number of rotatable bonds is 8. The molecule has 1 aromatic carbocycles. The van der Waals surface area contributed by atoms with Crippen molar-refractivity contribution < 1.29 is 0 Å². The van der Waals surface area contributed by atoms with E-state index in [1.807, 2.05) is 6.07 Å². The maximum atomic E-state index is 6.42. The summed E-state index contributed by atoms with van der Waals surface area (Å²) in [6.07, 6.45) is 0. The summed E-state index contributed by atoms with van der Waals surface area (Å²) in [5.41, 5.74) is 7.67. The lowest BCUT2D eigenvalue weighted by atomic mass is 9.94. The van der Waals surface area contributed by atoms with E-state index in [2.05, 4.69) is 63.8 Å². The summed E-state index contributed by atoms with van der Waals surface area (Å²) in [6.45, 7) is 14.8. The molecule has 1 aromatic rings. The van der Waals surface area contributed by atoms with Crippen molar-refractivity contribution in [2.45, 2.75) is 40.7 Å². The molecule has 0 bridgehead atoms. The zero-order valence-electron chi connectivity index (χ0n) is 13.8. The van der Waals surface area contributed by atoms with Crippen molar-refractivity contribution in [3.8, 4) is 0 Å². The molecule has 0 aliphatic heterocycles. The van der Waals surface area contributed by atoms with Gasteiger partial charge in [0, 0.05) is 25.7 Å². The van der Waals surface area contributed by atoms with E-state index in [1.165, 1.54) is 5.56 Å². The number of nitrogens with two attached hydrogens (primary N) is 1. The molecule has 2 atom stereocenters. The van der Waals surface area contributed by atoms with E-state index >= 15 is 0 Å². The summed E-state index contributed by atoms with van der Waals surface area (Å²) in [5, 5.41) is 0. The van der Waals surface area contributed by atoms with Crippen LogP contribution in [-0.4, -0.2) is 24.5 Å². The Morgan fingerprint density at radius 2 is 1.35 bits per heavy atom. The van der Waals surface area contributed by atoms with Gasteiger partial charge in [-0.05, 0) is 23.3 Å². The number of nitrogens with zero attached hydrogens (tertiary/aromatic N) is 1. The summed E-state index contributed by atoms with van der Waals surface area (Å²) in [7, 11) is 0. The Kier molecular flexibility index (Phi) is 7.25. The Bertz CT molecular complexity index is 349. The SMILES string of the molecule is CC(C)CN(CC(C)C)CC(C)C(N)c1ccccc1. The third-order valence-corrected chi connectivity index (χ3v) is 3.59. The molecule has 2 N–H and O–H groups in total. The molecule has 0 radical (unpaired) electrons. The van der Waals surface area contributed by atoms with E-state index in [0.717, 1.165) is 19.6 Å². The lowest BCUT2D eigenvalue weighted by Gasteiger charge is -2.31. The van der Waals surface area contributed by atoms with Crippen LogP contribution < -0.4 is 5.73 Å². The Hall–Kier alpha value is -0.860. The van der Waals surface area contributed by atoms with Gasteiger partial charge in [-0.3, -0.25) is 0 Å². The van der Waals surface area contributed by atoms with E-state index < -0.39 is 0 Å². The van der Waals surface area contributed by atoms with Crippen molar-refractivity contribution >= 4 is 0 Å². The molecule has 0 saturated heterocycles. The molecule has 0 heterocycles. The lowest BCUT2D eigenvalue weighted by Crippen LogP contribution is -2.37. The second kappa shape index (κ2) is 8.43. The number of benzene rings is 1. The van der Waals surface area contributed by atoms with Gasteiger partial charge in [-0.2, -0.15) is 0 Å². The van der Waals surface area contributed by atoms with E-state index in [-0.39, 0.29) is 6.04 Å². The Balaban J connectivity index is 2.62. The average molecular weight is 276 g/mol. The van der Waals surface area contributed by atoms with Gasteiger partial charge in [-0.25, -0.2) is 0 Å². The van der Waals surface area contributed by atoms with Crippen LogP contribution in [0, 0.1) is 17.8 Å². The van der Waals surface area contributed by atoms with Gasteiger partial charge in [0.2, 0.25) is 0 Å². The minimum atomic E-state index is 0.123. The highest BCUT2D eigenvalue weighted by molar-refractivity contribution is 5.19. The van der Waals surface area contributed by atoms with Crippen LogP contribution in [0.4, 0.5) is 0 Å². The quantitative estimate of drug-likeness (QED) is 0.779. The largest absolute Gasteiger partial charge is 0.324 e. The maximum absolute atomic E-state index is 6.42. The monoisotopic (exact) mass is 276 g/mol. The molecule has 1 rings (SSSR count). The van der Waals surface area contributed by atoms with Crippen LogP contribution in [0.1, 0.15) is 46.2 Å². The van der Waals surface area contributed by atoms with Gasteiger partial charge in [-0.1, -0.05) is 65.0 Å². The van der Waals surface area contributed by atoms with Crippen molar-refractivity contribution in [2.24, 2.45) is 23.5 Å². The minimum absolute atomic E-state index is 0.123. The standard InChI is InChI=1S/C18H32N2/c1-14(2)11-20(12-15(3)4)13-16(5)18(19)17-9-7-6-8-10-17/h6-10,14-16,18H,11-13,19H2,1-5H3. The van der Waals surface area contributed by atoms with Crippen LogP contribution in [-0.2, 0) is 0 Å². The molecule has 2 heteroatoms. The molecule has 0 fully saturated rings. The Morgan fingerprint density at radius 1 is 0.850 bits per heavy atom. The van der Waals surface area contributed by atoms with E-state index in [9.17, 15) is 0 Å². The fourth-order valence-electron chi connectivity index (χ4n) is 2.78. The first kappa shape index (κ1) is 17.2. The first-order chi connectivity index (χ1) is 9.40. The predicted octanol–water partition coefficient (Wildman–Crippen LogP) is 3.94. The van der Waals surface area contributed by atoms with Crippen molar-refractivity contribution in [1.82, 2.24) is 4.90 Å². The molecule has 0 aromatic heterocycles. The molecule has 0 saturated carbocycles. The summed E-state index contributed by atoms with van der Waals surface area (Å²) in [5.74, 6) is 1.87. The number of hydrogen-bond acceptors (Lipinski definition) is 2. The third-order valence-electron chi connectivity index (χ3n) is 3.59. The van der Waals surface area contributed by atoms with Crippen LogP contribution >= 0.6 is 0 Å². The van der Waals surface area contributed by atoms with Gasteiger partial charge in [0.15, 0.2) is 0 Å². The van der Waals surface area contributed by atoms with Gasteiger partial charge in [0.25, 0.3) is 0 Å². The number of hydrogen-bond donors (Lipinski definition) is 1. The lowest BCUT2D eigenvalue weighted by molar-refractivity contribution is 0.182. The van der Waals surface area contributed by atoms with E-state index in [1.54, 1.807) is 0 Å². The normalized spacial score (nSPS) is 15.1. The van der Waals surface area contributed by atoms with Crippen molar-refractivity contribution in [3.63, 3.8) is 0 Å². The molecule has 114 valence electrons. The molecule has 20 heavy (non-hydrogen) atoms. The predicted molar refractivity (Wildman–Crippen MR) is 88.7 cm³/mol. The van der Waals surface area contributed by atoms with Gasteiger partial charge < -0.3 is 10.6 Å². The zero-order valence-corrected chi connectivity index (χ0v) is 13.8. The van der Waals surface area contributed by atoms with Crippen LogP contribution in [0.2, 0.25) is 0 Å². The van der Waals surface area contributed by atoms with Gasteiger partial charge in [0.05, 0.1) is 0 Å². The van der Waals surface area contributed by atoms with Crippen molar-refractivity contribution in [3.05, 3.63) is 35.9 Å². The Labute approximate surface area is 125 Å². The summed E-state index contributed by atoms with van der Waals surface area (Å²) in [4.78, 5) is 2.57. The first-order valence-electron chi connectivity index (χ1n) is 7.93. The van der Waals surface area contributed by atoms with E-state index in [4.69, 9.17) is 5.73 Å². The fourth-order valence-corrected chi connectivity index (χ4v) is 2.78. The average Bonchev–Trinajstić information content (AvgIpc) is 2.37. The second-order valence-electron chi connectivity index (χ2n) is 6.92. The molecule has 0 aliphatic rings. The van der Waals surface area contributed by atoms with Crippen LogP contribution in [0.3, 0.4) is 0 Å². The molecular weight excluding hydrogens is 244 g/mol. The second-order valence-corrected chi connectivity index (χ2v) is 6.92. The van der Waals surface area contributed by atoms with Crippen LogP contribution in [0.5, 0.6) is 0 Å². The highest BCUT2D eigenvalue weighted by Crippen LogP contribution is 2.20. The molecule has 2 nitrogen and oxygen atoms in total. The highest BCUT2D eigenvalue weighted by atomic mass is 15.1. The first-order valence-corrected chi connectivity index (χ1v) is 7.93. The van der Waals surface area contributed by atoms with E-state index in [0.29, 0.717) is 17.8 Å². The van der Waals surface area contributed by atoms with Gasteiger partial charge >= 0.3 is 0 Å². The van der Waals surface area contributed by atoms with Gasteiger partial charge in [-0.15, -0.1) is 0 Å². The molecule has 2 unspecified atom stereocenters. The minimum Gasteiger partial charge on any atom is -0.324 e. The molecular formula is C18H32N2. The fraction of sp³-hybridized carbons (Fsp3) is 0.667.